The summed E-state index contributed by atoms with van der Waals surface area (Å²) in [6.07, 6.45) is 4.01. The van der Waals surface area contributed by atoms with Crippen LogP contribution in [0.5, 0.6) is 5.75 Å². The number of aromatic nitrogens is 2. The van der Waals surface area contributed by atoms with Crippen molar-refractivity contribution in [1.29, 1.82) is 0 Å². The van der Waals surface area contributed by atoms with Crippen molar-refractivity contribution in [2.45, 2.75) is 38.3 Å². The van der Waals surface area contributed by atoms with Gasteiger partial charge in [-0.05, 0) is 37.5 Å². The molecule has 0 bridgehead atoms. The lowest BCUT2D eigenvalue weighted by Crippen LogP contribution is -2.57. The van der Waals surface area contributed by atoms with E-state index >= 15 is 0 Å². The number of rotatable bonds is 4. The van der Waals surface area contributed by atoms with E-state index in [0.29, 0.717) is 6.42 Å². The molecule has 0 atom stereocenters. The third kappa shape index (κ3) is 4.46. The molecule has 0 aliphatic carbocycles. The number of aromatic hydroxyl groups is 1. The van der Waals surface area contributed by atoms with E-state index in [-0.39, 0.29) is 17.3 Å². The van der Waals surface area contributed by atoms with Crippen LogP contribution >= 0.6 is 0 Å². The minimum atomic E-state index is -0.157. The predicted octanol–water partition coefficient (Wildman–Crippen LogP) is 1.87. The number of piperidine rings is 1. The molecule has 2 aliphatic rings. The summed E-state index contributed by atoms with van der Waals surface area (Å²) in [5.74, 6) is 0.316. The van der Waals surface area contributed by atoms with Gasteiger partial charge in [0.1, 0.15) is 5.75 Å². The standard InChI is InChI=1S/C22H30N4O3/c1-17-19(14-23-24(17)2)15-25-10-11-29-22(16-25)6-8-26(9-7-22)21(28)13-18-4-3-5-20(27)12-18/h3-5,12,14,27H,6-11,13,15-16H2,1-2H3. The first kappa shape index (κ1) is 19.9. The summed E-state index contributed by atoms with van der Waals surface area (Å²) >= 11 is 0. The van der Waals surface area contributed by atoms with E-state index in [4.69, 9.17) is 4.74 Å². The Kier molecular flexibility index (Phi) is 5.61. The molecule has 1 amide bonds. The number of likely N-dealkylation sites (tertiary alicyclic amines) is 1. The van der Waals surface area contributed by atoms with Crippen LogP contribution in [0, 0.1) is 6.92 Å². The van der Waals surface area contributed by atoms with Gasteiger partial charge in [0.2, 0.25) is 5.91 Å². The zero-order valence-electron chi connectivity index (χ0n) is 17.3. The monoisotopic (exact) mass is 398 g/mol. The van der Waals surface area contributed by atoms with Gasteiger partial charge in [0.25, 0.3) is 0 Å². The Labute approximate surface area is 171 Å². The minimum absolute atomic E-state index is 0.115. The molecule has 0 unspecified atom stereocenters. The number of hydrogen-bond acceptors (Lipinski definition) is 5. The van der Waals surface area contributed by atoms with E-state index in [0.717, 1.165) is 57.7 Å². The smallest absolute Gasteiger partial charge is 0.226 e. The van der Waals surface area contributed by atoms with Crippen LogP contribution < -0.4 is 0 Å². The number of nitrogens with zero attached hydrogens (tertiary/aromatic N) is 4. The summed E-state index contributed by atoms with van der Waals surface area (Å²) in [6, 6.07) is 6.94. The molecule has 1 aromatic heterocycles. The largest absolute Gasteiger partial charge is 0.508 e. The number of ether oxygens (including phenoxy) is 1. The third-order valence-corrected chi connectivity index (χ3v) is 6.35. The molecule has 2 fully saturated rings. The molecule has 7 nitrogen and oxygen atoms in total. The van der Waals surface area contributed by atoms with Crippen LogP contribution in [0.3, 0.4) is 0 Å². The van der Waals surface area contributed by atoms with E-state index < -0.39 is 0 Å². The normalized spacial score (nSPS) is 19.6. The summed E-state index contributed by atoms with van der Waals surface area (Å²) in [6.45, 7) is 7.00. The summed E-state index contributed by atoms with van der Waals surface area (Å²) in [5, 5.41) is 14.0. The quantitative estimate of drug-likeness (QED) is 0.851. The molecule has 0 radical (unpaired) electrons. The second kappa shape index (κ2) is 8.16. The third-order valence-electron chi connectivity index (χ3n) is 6.35. The first-order valence-corrected chi connectivity index (χ1v) is 10.3. The number of phenols is 1. The van der Waals surface area contributed by atoms with Crippen LogP contribution in [0.25, 0.3) is 0 Å². The molecule has 7 heteroatoms. The molecule has 3 heterocycles. The maximum atomic E-state index is 12.7. The SMILES string of the molecule is Cc1c(CN2CCOC3(CCN(C(=O)Cc4cccc(O)c4)CC3)C2)cnn1C. The van der Waals surface area contributed by atoms with Gasteiger partial charge < -0.3 is 14.7 Å². The molecule has 2 aromatic rings. The molecule has 2 aliphatic heterocycles. The molecular formula is C22H30N4O3. The van der Waals surface area contributed by atoms with Crippen molar-refractivity contribution in [2.75, 3.05) is 32.8 Å². The topological polar surface area (TPSA) is 70.8 Å². The van der Waals surface area contributed by atoms with Gasteiger partial charge in [0.15, 0.2) is 0 Å². The van der Waals surface area contributed by atoms with Crippen molar-refractivity contribution >= 4 is 5.91 Å². The number of benzene rings is 1. The summed E-state index contributed by atoms with van der Waals surface area (Å²) in [5.41, 5.74) is 3.17. The maximum absolute atomic E-state index is 12.7. The highest BCUT2D eigenvalue weighted by atomic mass is 16.5. The maximum Gasteiger partial charge on any atom is 0.226 e. The van der Waals surface area contributed by atoms with Gasteiger partial charge in [-0.15, -0.1) is 0 Å². The fourth-order valence-electron chi connectivity index (χ4n) is 4.42. The molecule has 1 spiro atoms. The van der Waals surface area contributed by atoms with E-state index in [1.54, 1.807) is 18.2 Å². The van der Waals surface area contributed by atoms with Crippen molar-refractivity contribution in [3.8, 4) is 5.75 Å². The molecule has 156 valence electrons. The highest BCUT2D eigenvalue weighted by molar-refractivity contribution is 5.79. The summed E-state index contributed by atoms with van der Waals surface area (Å²) in [7, 11) is 1.98. The van der Waals surface area contributed by atoms with Gasteiger partial charge in [-0.3, -0.25) is 14.4 Å². The Bertz CT molecular complexity index is 871. The molecule has 29 heavy (non-hydrogen) atoms. The molecule has 2 saturated heterocycles. The van der Waals surface area contributed by atoms with Crippen LogP contribution in [-0.2, 0) is 29.5 Å². The van der Waals surface area contributed by atoms with Gasteiger partial charge in [0.05, 0.1) is 24.8 Å². The Morgan fingerprint density at radius 3 is 2.76 bits per heavy atom. The van der Waals surface area contributed by atoms with Crippen molar-refractivity contribution in [3.05, 3.63) is 47.3 Å². The number of phenolic OH excluding ortho intramolecular Hbond substituents is 1. The Hall–Kier alpha value is -2.38. The van der Waals surface area contributed by atoms with Gasteiger partial charge in [-0.1, -0.05) is 12.1 Å². The van der Waals surface area contributed by atoms with Crippen LogP contribution in [0.2, 0.25) is 0 Å². The lowest BCUT2D eigenvalue weighted by Gasteiger charge is -2.47. The van der Waals surface area contributed by atoms with E-state index in [2.05, 4.69) is 16.9 Å². The summed E-state index contributed by atoms with van der Waals surface area (Å²) in [4.78, 5) is 17.1. The predicted molar refractivity (Wildman–Crippen MR) is 110 cm³/mol. The fraction of sp³-hybridized carbons (Fsp3) is 0.545. The second-order valence-electron chi connectivity index (χ2n) is 8.35. The lowest BCUT2D eigenvalue weighted by molar-refractivity contribution is -0.150. The zero-order valence-corrected chi connectivity index (χ0v) is 17.3. The highest BCUT2D eigenvalue weighted by Gasteiger charge is 2.40. The van der Waals surface area contributed by atoms with Gasteiger partial charge in [0, 0.05) is 51.0 Å². The zero-order chi connectivity index (χ0) is 20.4. The van der Waals surface area contributed by atoms with Crippen LogP contribution in [-0.4, -0.2) is 69.0 Å². The van der Waals surface area contributed by atoms with Crippen molar-refractivity contribution in [2.24, 2.45) is 7.05 Å². The van der Waals surface area contributed by atoms with Crippen LogP contribution in [0.1, 0.15) is 29.7 Å². The van der Waals surface area contributed by atoms with E-state index in [9.17, 15) is 9.90 Å². The van der Waals surface area contributed by atoms with Gasteiger partial charge in [-0.2, -0.15) is 5.10 Å². The molecule has 4 rings (SSSR count). The van der Waals surface area contributed by atoms with Crippen molar-refractivity contribution in [1.82, 2.24) is 19.6 Å². The Morgan fingerprint density at radius 1 is 1.28 bits per heavy atom. The lowest BCUT2D eigenvalue weighted by atomic mass is 9.89. The first-order valence-electron chi connectivity index (χ1n) is 10.3. The fourth-order valence-corrected chi connectivity index (χ4v) is 4.42. The Balaban J connectivity index is 1.33. The highest BCUT2D eigenvalue weighted by Crippen LogP contribution is 2.31. The number of carbonyl (C=O) groups excluding carboxylic acids is 1. The van der Waals surface area contributed by atoms with Crippen LogP contribution in [0.15, 0.2) is 30.5 Å². The number of aryl methyl sites for hydroxylation is 1. The van der Waals surface area contributed by atoms with Crippen LogP contribution in [0.4, 0.5) is 0 Å². The number of hydrogen-bond donors (Lipinski definition) is 1. The number of amides is 1. The van der Waals surface area contributed by atoms with Gasteiger partial charge >= 0.3 is 0 Å². The molecule has 1 aromatic carbocycles. The van der Waals surface area contributed by atoms with Crippen molar-refractivity contribution < 1.29 is 14.6 Å². The average molecular weight is 399 g/mol. The first-order chi connectivity index (χ1) is 13.9. The summed E-state index contributed by atoms with van der Waals surface area (Å²) < 4.78 is 8.16. The van der Waals surface area contributed by atoms with Crippen molar-refractivity contribution in [3.63, 3.8) is 0 Å². The van der Waals surface area contributed by atoms with E-state index in [1.807, 2.05) is 28.9 Å². The average Bonchev–Trinajstić information content (AvgIpc) is 3.01. The molecule has 0 saturated carbocycles. The van der Waals surface area contributed by atoms with E-state index in [1.165, 1.54) is 11.3 Å². The second-order valence-corrected chi connectivity index (χ2v) is 8.35. The van der Waals surface area contributed by atoms with Gasteiger partial charge in [-0.25, -0.2) is 0 Å². The Morgan fingerprint density at radius 2 is 2.07 bits per heavy atom. The minimum Gasteiger partial charge on any atom is -0.508 e. The molecule has 1 N–H and O–H groups in total. The number of morpholine rings is 1. The number of carbonyl (C=O) groups is 1. The molecular weight excluding hydrogens is 368 g/mol.